The first-order chi connectivity index (χ1) is 6.10. The van der Waals surface area contributed by atoms with Gasteiger partial charge in [-0.1, -0.05) is 0 Å². The second kappa shape index (κ2) is 9.68. The summed E-state index contributed by atoms with van der Waals surface area (Å²) in [4.78, 5) is 1.30. The Balaban J connectivity index is -0.000000845. The third-order valence-corrected chi connectivity index (χ3v) is 2.81. The van der Waals surface area contributed by atoms with Crippen molar-refractivity contribution in [2.24, 2.45) is 0 Å². The zero-order valence-electron chi connectivity index (χ0n) is 9.54. The molecule has 0 aliphatic heterocycles. The summed E-state index contributed by atoms with van der Waals surface area (Å²) < 4.78 is 61.0. The molecule has 0 N–H and O–H groups in total. The molecule has 0 aliphatic rings. The molecule has 0 saturated heterocycles. The molecule has 0 spiro atoms. The quantitative estimate of drug-likeness (QED) is 0.352. The SMILES string of the molecule is CN(CCS(=O)(=O)[O-])CCS(=O)(=O)[O-].[Na+].[Na+]. The summed E-state index contributed by atoms with van der Waals surface area (Å²) >= 11 is 0. The Kier molecular flexibility index (Phi) is 13.9. The van der Waals surface area contributed by atoms with Gasteiger partial charge < -0.3 is 14.0 Å². The Labute approximate surface area is 140 Å². The average Bonchev–Trinajstić information content (AvgIpc) is 1.94. The van der Waals surface area contributed by atoms with Crippen molar-refractivity contribution in [3.63, 3.8) is 0 Å². The summed E-state index contributed by atoms with van der Waals surface area (Å²) in [5.41, 5.74) is 0. The molecule has 0 amide bonds. The third kappa shape index (κ3) is 18.2. The summed E-state index contributed by atoms with van der Waals surface area (Å²) in [6.45, 7) is -0.164. The zero-order valence-corrected chi connectivity index (χ0v) is 15.2. The van der Waals surface area contributed by atoms with Gasteiger partial charge in [0.05, 0.1) is 31.7 Å². The Bertz CT molecular complexity index is 330. The van der Waals surface area contributed by atoms with Crippen molar-refractivity contribution in [2.75, 3.05) is 31.6 Å². The summed E-state index contributed by atoms with van der Waals surface area (Å²) in [5.74, 6) is -1.19. The van der Waals surface area contributed by atoms with Gasteiger partial charge in [-0.25, -0.2) is 16.8 Å². The largest absolute Gasteiger partial charge is 1.00 e. The second-order valence-electron chi connectivity index (χ2n) is 2.83. The maximum absolute atomic E-state index is 10.2. The van der Waals surface area contributed by atoms with Crippen molar-refractivity contribution < 1.29 is 85.1 Å². The van der Waals surface area contributed by atoms with Crippen molar-refractivity contribution in [3.05, 3.63) is 0 Å². The molecule has 0 rings (SSSR count). The van der Waals surface area contributed by atoms with Crippen LogP contribution >= 0.6 is 0 Å². The molecule has 0 aromatic rings. The molecule has 0 unspecified atom stereocenters. The van der Waals surface area contributed by atoms with E-state index in [1.54, 1.807) is 0 Å². The van der Waals surface area contributed by atoms with E-state index in [0.29, 0.717) is 0 Å². The Morgan fingerprint density at radius 3 is 1.31 bits per heavy atom. The second-order valence-corrected chi connectivity index (χ2v) is 5.87. The summed E-state index contributed by atoms with van der Waals surface area (Å²) in [7, 11) is -7.16. The first-order valence-corrected chi connectivity index (χ1v) is 6.81. The molecule has 7 nitrogen and oxygen atoms in total. The van der Waals surface area contributed by atoms with Crippen LogP contribution in [-0.2, 0) is 20.2 Å². The van der Waals surface area contributed by atoms with Gasteiger partial charge in [0, 0.05) is 13.1 Å². The topological polar surface area (TPSA) is 118 Å². The minimum atomic E-state index is -4.29. The summed E-state index contributed by atoms with van der Waals surface area (Å²) in [6.07, 6.45) is 0. The third-order valence-electron chi connectivity index (χ3n) is 1.45. The van der Waals surface area contributed by atoms with Crippen LogP contribution < -0.4 is 59.1 Å². The van der Waals surface area contributed by atoms with E-state index in [2.05, 4.69) is 0 Å². The Morgan fingerprint density at radius 2 is 1.12 bits per heavy atom. The van der Waals surface area contributed by atoms with Gasteiger partial charge in [0.15, 0.2) is 0 Å². The molecule has 0 heterocycles. The van der Waals surface area contributed by atoms with Gasteiger partial charge >= 0.3 is 59.1 Å². The van der Waals surface area contributed by atoms with Crippen molar-refractivity contribution in [3.8, 4) is 0 Å². The fourth-order valence-electron chi connectivity index (χ4n) is 0.647. The molecule has 0 aliphatic carbocycles. The van der Waals surface area contributed by atoms with E-state index in [9.17, 15) is 25.9 Å². The smallest absolute Gasteiger partial charge is 0.748 e. The summed E-state index contributed by atoms with van der Waals surface area (Å²) in [6, 6.07) is 0. The van der Waals surface area contributed by atoms with E-state index in [0.717, 1.165) is 0 Å². The first-order valence-electron chi connectivity index (χ1n) is 3.66. The van der Waals surface area contributed by atoms with Gasteiger partial charge in [-0.15, -0.1) is 0 Å². The van der Waals surface area contributed by atoms with Crippen LogP contribution in [0.1, 0.15) is 0 Å². The fraction of sp³-hybridized carbons (Fsp3) is 1.00. The van der Waals surface area contributed by atoms with Crippen LogP contribution in [0.3, 0.4) is 0 Å². The predicted molar refractivity (Wildman–Crippen MR) is 46.6 cm³/mol. The van der Waals surface area contributed by atoms with Crippen LogP contribution in [0.5, 0.6) is 0 Å². The van der Waals surface area contributed by atoms with Crippen LogP contribution in [0.25, 0.3) is 0 Å². The van der Waals surface area contributed by atoms with E-state index in [1.807, 2.05) is 0 Å². The standard InChI is InChI=1S/C5H13NO6S2.2Na/c1-6(2-4-13(7,8)9)3-5-14(10,11)12;;/h2-5H2,1H3,(H,7,8,9)(H,10,11,12);;/q;2*+1/p-2. The molecule has 0 bridgehead atoms. The number of hydrogen-bond acceptors (Lipinski definition) is 7. The van der Waals surface area contributed by atoms with Crippen molar-refractivity contribution >= 4 is 20.2 Å². The van der Waals surface area contributed by atoms with Crippen LogP contribution in [0.15, 0.2) is 0 Å². The molecular weight excluding hydrogens is 280 g/mol. The molecule has 16 heavy (non-hydrogen) atoms. The maximum Gasteiger partial charge on any atom is 1.00 e. The van der Waals surface area contributed by atoms with Crippen molar-refractivity contribution in [2.45, 2.75) is 0 Å². The Morgan fingerprint density at radius 1 is 0.875 bits per heavy atom. The minimum Gasteiger partial charge on any atom is -0.748 e. The monoisotopic (exact) mass is 291 g/mol. The molecular formula is C5H11NNa2O6S2. The molecule has 0 fully saturated rings. The number of rotatable bonds is 6. The summed E-state index contributed by atoms with van der Waals surface area (Å²) in [5, 5.41) is 0. The van der Waals surface area contributed by atoms with Gasteiger partial charge in [0.25, 0.3) is 0 Å². The number of hydrogen-bond donors (Lipinski definition) is 0. The predicted octanol–water partition coefficient (Wildman–Crippen LogP) is -7.98. The van der Waals surface area contributed by atoms with E-state index >= 15 is 0 Å². The normalized spacial score (nSPS) is 11.8. The van der Waals surface area contributed by atoms with Gasteiger partial charge in [0.1, 0.15) is 0 Å². The van der Waals surface area contributed by atoms with E-state index < -0.39 is 31.7 Å². The van der Waals surface area contributed by atoms with Gasteiger partial charge in [-0.2, -0.15) is 0 Å². The average molecular weight is 291 g/mol. The molecule has 86 valence electrons. The van der Waals surface area contributed by atoms with Crippen molar-refractivity contribution in [1.29, 1.82) is 0 Å². The molecule has 0 radical (unpaired) electrons. The van der Waals surface area contributed by atoms with Gasteiger partial charge in [0.2, 0.25) is 0 Å². The van der Waals surface area contributed by atoms with Crippen LogP contribution in [0.4, 0.5) is 0 Å². The van der Waals surface area contributed by atoms with E-state index in [4.69, 9.17) is 0 Å². The van der Waals surface area contributed by atoms with Crippen LogP contribution in [0, 0.1) is 0 Å². The molecule has 0 aromatic heterocycles. The molecule has 11 heteroatoms. The van der Waals surface area contributed by atoms with Crippen molar-refractivity contribution in [1.82, 2.24) is 4.90 Å². The fourth-order valence-corrected chi connectivity index (χ4v) is 1.72. The number of nitrogens with zero attached hydrogens (tertiary/aromatic N) is 1. The van der Waals surface area contributed by atoms with E-state index in [1.165, 1.54) is 11.9 Å². The molecule has 0 aromatic carbocycles. The first kappa shape index (κ1) is 22.9. The molecule has 0 atom stereocenters. The van der Waals surface area contributed by atoms with Gasteiger partial charge in [-0.05, 0) is 7.05 Å². The van der Waals surface area contributed by atoms with E-state index in [-0.39, 0.29) is 72.2 Å². The van der Waals surface area contributed by atoms with Crippen LogP contribution in [-0.4, -0.2) is 62.5 Å². The van der Waals surface area contributed by atoms with Gasteiger partial charge in [-0.3, -0.25) is 0 Å². The minimum absolute atomic E-state index is 0. The van der Waals surface area contributed by atoms with Crippen LogP contribution in [0.2, 0.25) is 0 Å². The Hall–Kier alpha value is 1.78. The molecule has 0 saturated carbocycles. The zero-order chi connectivity index (χ0) is 11.4. The maximum atomic E-state index is 10.2.